The zero-order valence-electron chi connectivity index (χ0n) is 22.7. The van der Waals surface area contributed by atoms with E-state index in [1.807, 2.05) is 35.8 Å². The van der Waals surface area contributed by atoms with Gasteiger partial charge in [-0.25, -0.2) is 9.78 Å². The number of rotatable bonds is 9. The Bertz CT molecular complexity index is 1500. The summed E-state index contributed by atoms with van der Waals surface area (Å²) in [6.45, 7) is 4.93. The minimum atomic E-state index is -0.579. The molecule has 206 valence electrons. The first-order valence-electron chi connectivity index (χ1n) is 13.9. The Balaban J connectivity index is 0.00000353. The molecule has 2 heterocycles. The predicted molar refractivity (Wildman–Crippen MR) is 160 cm³/mol. The molecule has 0 spiro atoms. The maximum absolute atomic E-state index is 13.8. The monoisotopic (exact) mass is 592 g/mol. The summed E-state index contributed by atoms with van der Waals surface area (Å²) in [5.74, 6) is 1.23. The van der Waals surface area contributed by atoms with E-state index < -0.39 is 5.76 Å². The molecular formula is C31H37BrN4O3. The number of aromatic nitrogens is 4. The van der Waals surface area contributed by atoms with Crippen molar-refractivity contribution in [3.8, 4) is 22.5 Å². The zero-order valence-corrected chi connectivity index (χ0v) is 24.5. The van der Waals surface area contributed by atoms with Crippen LogP contribution < -0.4 is 11.3 Å². The van der Waals surface area contributed by atoms with Gasteiger partial charge in [0.05, 0.1) is 5.69 Å². The fourth-order valence-corrected chi connectivity index (χ4v) is 5.62. The third kappa shape index (κ3) is 6.67. The van der Waals surface area contributed by atoms with E-state index in [1.54, 1.807) is 0 Å². The van der Waals surface area contributed by atoms with Crippen molar-refractivity contribution in [2.24, 2.45) is 5.92 Å². The SMILES string of the molecule is Br.CCCCc1nc(C)n(CC2CCCCC2)c(=O)c1Cc1ccc(-c2ccccc2-c2noc(=O)[nH]2)cc1. The maximum atomic E-state index is 13.8. The molecule has 1 N–H and O–H groups in total. The van der Waals surface area contributed by atoms with Gasteiger partial charge in [0.15, 0.2) is 5.82 Å². The highest BCUT2D eigenvalue weighted by atomic mass is 79.9. The zero-order chi connectivity index (χ0) is 26.5. The number of hydrogen-bond donors (Lipinski definition) is 1. The molecule has 4 aromatic rings. The number of nitrogens with zero attached hydrogens (tertiary/aromatic N) is 3. The van der Waals surface area contributed by atoms with Gasteiger partial charge in [-0.05, 0) is 55.2 Å². The van der Waals surface area contributed by atoms with Crippen LogP contribution in [0.2, 0.25) is 0 Å². The van der Waals surface area contributed by atoms with Crippen molar-refractivity contribution in [1.29, 1.82) is 0 Å². The first-order valence-corrected chi connectivity index (χ1v) is 13.9. The van der Waals surface area contributed by atoms with E-state index in [-0.39, 0.29) is 22.5 Å². The van der Waals surface area contributed by atoms with Gasteiger partial charge in [-0.2, -0.15) is 0 Å². The topological polar surface area (TPSA) is 93.8 Å². The number of H-pyrrole nitrogens is 1. The molecular weight excluding hydrogens is 556 g/mol. The third-order valence-electron chi connectivity index (χ3n) is 7.74. The first-order chi connectivity index (χ1) is 18.5. The minimum absolute atomic E-state index is 0. The van der Waals surface area contributed by atoms with Gasteiger partial charge in [0.25, 0.3) is 5.56 Å². The van der Waals surface area contributed by atoms with Crippen molar-refractivity contribution >= 4 is 17.0 Å². The number of benzene rings is 2. The minimum Gasteiger partial charge on any atom is -0.296 e. The van der Waals surface area contributed by atoms with Gasteiger partial charge in [0.1, 0.15) is 5.82 Å². The number of nitrogens with one attached hydrogen (secondary N) is 1. The lowest BCUT2D eigenvalue weighted by Gasteiger charge is -2.24. The Hall–Kier alpha value is -3.26. The maximum Gasteiger partial charge on any atom is 0.439 e. The first kappa shape index (κ1) is 28.7. The second-order valence-corrected chi connectivity index (χ2v) is 10.5. The number of hydrogen-bond acceptors (Lipinski definition) is 5. The molecule has 0 bridgehead atoms. The molecule has 39 heavy (non-hydrogen) atoms. The highest BCUT2D eigenvalue weighted by Crippen LogP contribution is 2.30. The molecule has 2 aromatic carbocycles. The molecule has 5 rings (SSSR count). The Morgan fingerprint density at radius 2 is 1.72 bits per heavy atom. The number of aryl methyl sites for hydroxylation is 2. The van der Waals surface area contributed by atoms with E-state index in [0.29, 0.717) is 18.2 Å². The summed E-state index contributed by atoms with van der Waals surface area (Å²) < 4.78 is 6.65. The van der Waals surface area contributed by atoms with Gasteiger partial charge >= 0.3 is 5.76 Å². The lowest BCUT2D eigenvalue weighted by atomic mass is 9.89. The van der Waals surface area contributed by atoms with E-state index >= 15 is 0 Å². The van der Waals surface area contributed by atoms with Crippen molar-refractivity contribution in [2.75, 3.05) is 0 Å². The van der Waals surface area contributed by atoms with Crippen LogP contribution >= 0.6 is 17.0 Å². The Morgan fingerprint density at radius 1 is 1.00 bits per heavy atom. The molecule has 1 aliphatic carbocycles. The Kier molecular flexibility index (Phi) is 9.73. The fraction of sp³-hybridized carbons (Fsp3) is 0.419. The summed E-state index contributed by atoms with van der Waals surface area (Å²) in [6.07, 6.45) is 9.70. The number of halogens is 1. The van der Waals surface area contributed by atoms with Crippen LogP contribution in [-0.4, -0.2) is 19.7 Å². The molecule has 0 atom stereocenters. The van der Waals surface area contributed by atoms with Crippen molar-refractivity contribution in [2.45, 2.75) is 78.2 Å². The second-order valence-electron chi connectivity index (χ2n) is 10.5. The van der Waals surface area contributed by atoms with Gasteiger partial charge < -0.3 is 0 Å². The smallest absolute Gasteiger partial charge is 0.296 e. The highest BCUT2D eigenvalue weighted by molar-refractivity contribution is 8.93. The molecule has 2 aromatic heterocycles. The summed E-state index contributed by atoms with van der Waals surface area (Å²) >= 11 is 0. The Labute approximate surface area is 239 Å². The second kappa shape index (κ2) is 13.2. The summed E-state index contributed by atoms with van der Waals surface area (Å²) in [6, 6.07) is 16.0. The summed E-state index contributed by atoms with van der Waals surface area (Å²) in [5, 5.41) is 3.86. The van der Waals surface area contributed by atoms with Crippen molar-refractivity contribution in [3.63, 3.8) is 0 Å². The quantitative estimate of drug-likeness (QED) is 0.235. The normalized spacial score (nSPS) is 13.8. The van der Waals surface area contributed by atoms with Crippen LogP contribution in [0, 0.1) is 12.8 Å². The molecule has 1 fully saturated rings. The molecule has 0 radical (unpaired) electrons. The standard InChI is InChI=1S/C31H36N4O3.BrH/c1-3-4-14-28-27(30(36)35(21(2)32-28)20-23-10-6-5-7-11-23)19-22-15-17-24(18-16-22)25-12-8-9-13-26(25)29-33-31(37)38-34-29;/h8-9,12-13,15-18,23H,3-7,10-11,14,19-20H2,1-2H3,(H,33,34,37);1H. The average molecular weight is 594 g/mol. The molecule has 0 amide bonds. The average Bonchev–Trinajstić information content (AvgIpc) is 3.38. The molecule has 1 saturated carbocycles. The van der Waals surface area contributed by atoms with E-state index in [4.69, 9.17) is 9.51 Å². The van der Waals surface area contributed by atoms with Crippen LogP contribution in [0.3, 0.4) is 0 Å². The number of aromatic amines is 1. The van der Waals surface area contributed by atoms with Crippen LogP contribution in [-0.2, 0) is 19.4 Å². The van der Waals surface area contributed by atoms with Crippen LogP contribution in [0.15, 0.2) is 62.6 Å². The van der Waals surface area contributed by atoms with E-state index in [0.717, 1.165) is 65.1 Å². The van der Waals surface area contributed by atoms with Crippen molar-refractivity contribution < 1.29 is 4.52 Å². The van der Waals surface area contributed by atoms with Crippen LogP contribution in [0.1, 0.15) is 74.5 Å². The van der Waals surface area contributed by atoms with Crippen LogP contribution in [0.4, 0.5) is 0 Å². The summed E-state index contributed by atoms with van der Waals surface area (Å²) in [5.41, 5.74) is 5.70. The fourth-order valence-electron chi connectivity index (χ4n) is 5.62. The predicted octanol–water partition coefficient (Wildman–Crippen LogP) is 6.65. The van der Waals surface area contributed by atoms with Crippen LogP contribution in [0.5, 0.6) is 0 Å². The largest absolute Gasteiger partial charge is 0.439 e. The van der Waals surface area contributed by atoms with E-state index in [1.165, 1.54) is 32.1 Å². The lowest BCUT2D eigenvalue weighted by molar-refractivity contribution is 0.311. The lowest BCUT2D eigenvalue weighted by Crippen LogP contribution is -2.32. The highest BCUT2D eigenvalue weighted by Gasteiger charge is 2.20. The summed E-state index contributed by atoms with van der Waals surface area (Å²) in [7, 11) is 0. The van der Waals surface area contributed by atoms with Gasteiger partial charge in [-0.15, -0.1) is 17.0 Å². The molecule has 7 nitrogen and oxygen atoms in total. The molecule has 8 heteroatoms. The number of unbranched alkanes of at least 4 members (excludes halogenated alkanes) is 1. The van der Waals surface area contributed by atoms with E-state index in [9.17, 15) is 9.59 Å². The summed E-state index contributed by atoms with van der Waals surface area (Å²) in [4.78, 5) is 32.9. The molecule has 1 aliphatic rings. The van der Waals surface area contributed by atoms with Gasteiger partial charge in [0.2, 0.25) is 0 Å². The van der Waals surface area contributed by atoms with Crippen LogP contribution in [0.25, 0.3) is 22.5 Å². The Morgan fingerprint density at radius 3 is 2.38 bits per heavy atom. The van der Waals surface area contributed by atoms with Crippen molar-refractivity contribution in [3.05, 3.63) is 92.1 Å². The van der Waals surface area contributed by atoms with E-state index in [2.05, 4.69) is 41.3 Å². The third-order valence-corrected chi connectivity index (χ3v) is 7.74. The molecule has 0 saturated heterocycles. The van der Waals surface area contributed by atoms with Gasteiger partial charge in [0, 0.05) is 24.1 Å². The molecule has 0 aliphatic heterocycles. The van der Waals surface area contributed by atoms with Crippen molar-refractivity contribution in [1.82, 2.24) is 19.7 Å². The van der Waals surface area contributed by atoms with Gasteiger partial charge in [-0.3, -0.25) is 18.9 Å². The molecule has 0 unspecified atom stereocenters. The van der Waals surface area contributed by atoms with Gasteiger partial charge in [-0.1, -0.05) is 86.3 Å².